The highest BCUT2D eigenvalue weighted by atomic mass is 15.1. The molecule has 0 unspecified atom stereocenters. The second kappa shape index (κ2) is 6.86. The van der Waals surface area contributed by atoms with Gasteiger partial charge in [0, 0.05) is 18.5 Å². The molecule has 0 aliphatic heterocycles. The van der Waals surface area contributed by atoms with Crippen molar-refractivity contribution in [3.63, 3.8) is 0 Å². The van der Waals surface area contributed by atoms with Gasteiger partial charge in [0.15, 0.2) is 5.65 Å². The van der Waals surface area contributed by atoms with Crippen LogP contribution in [0.15, 0.2) is 24.3 Å². The molecule has 0 spiro atoms. The van der Waals surface area contributed by atoms with Crippen LogP contribution >= 0.6 is 0 Å². The topological polar surface area (TPSA) is 95.6 Å². The maximum Gasteiger partial charge on any atom is 0.160 e. The average molecular weight is 324 g/mol. The van der Waals surface area contributed by atoms with Gasteiger partial charge in [-0.05, 0) is 37.1 Å². The normalized spacial score (nSPS) is 11.2. The summed E-state index contributed by atoms with van der Waals surface area (Å²) < 4.78 is 2.25. The molecule has 24 heavy (non-hydrogen) atoms. The number of hydrogen-bond donors (Lipinski definition) is 2. The zero-order chi connectivity index (χ0) is 17.1. The van der Waals surface area contributed by atoms with E-state index in [2.05, 4.69) is 23.4 Å². The quantitative estimate of drug-likeness (QED) is 0.724. The number of nitrogens with two attached hydrogens (primary N) is 2. The monoisotopic (exact) mass is 324 g/mol. The second-order valence-electron chi connectivity index (χ2n) is 6.03. The van der Waals surface area contributed by atoms with E-state index in [1.54, 1.807) is 12.1 Å². The first-order valence-electron chi connectivity index (χ1n) is 8.52. The molecule has 0 aliphatic carbocycles. The summed E-state index contributed by atoms with van der Waals surface area (Å²) in [7, 11) is 0. The van der Waals surface area contributed by atoms with Crippen LogP contribution in [0.4, 0.5) is 11.6 Å². The molecule has 0 amide bonds. The van der Waals surface area contributed by atoms with Crippen molar-refractivity contribution in [2.45, 2.75) is 46.1 Å². The van der Waals surface area contributed by atoms with Crippen LogP contribution in [0.25, 0.3) is 22.4 Å². The number of fused-ring (bicyclic) bond motifs is 1. The molecule has 0 radical (unpaired) electrons. The van der Waals surface area contributed by atoms with Crippen LogP contribution in [0, 0.1) is 0 Å². The van der Waals surface area contributed by atoms with Crippen molar-refractivity contribution in [1.29, 1.82) is 0 Å². The minimum Gasteiger partial charge on any atom is -0.384 e. The molecule has 3 aromatic rings. The Morgan fingerprint density at radius 1 is 0.958 bits per heavy atom. The van der Waals surface area contributed by atoms with E-state index < -0.39 is 0 Å². The van der Waals surface area contributed by atoms with Gasteiger partial charge in [0.25, 0.3) is 0 Å². The summed E-state index contributed by atoms with van der Waals surface area (Å²) in [5.74, 6) is 1.91. The van der Waals surface area contributed by atoms with Gasteiger partial charge in [0.05, 0.1) is 5.69 Å². The van der Waals surface area contributed by atoms with Crippen LogP contribution in [0.1, 0.15) is 38.9 Å². The van der Waals surface area contributed by atoms with Gasteiger partial charge in [-0.1, -0.05) is 20.3 Å². The molecular formula is C18H24N6. The number of anilines is 2. The van der Waals surface area contributed by atoms with Crippen LogP contribution in [-0.2, 0) is 13.0 Å². The van der Waals surface area contributed by atoms with Gasteiger partial charge < -0.3 is 16.0 Å². The summed E-state index contributed by atoms with van der Waals surface area (Å²) in [5.41, 5.74) is 15.2. The van der Waals surface area contributed by atoms with E-state index in [9.17, 15) is 0 Å². The van der Waals surface area contributed by atoms with E-state index in [4.69, 9.17) is 21.4 Å². The zero-order valence-electron chi connectivity index (χ0n) is 14.3. The van der Waals surface area contributed by atoms with Crippen LogP contribution < -0.4 is 11.5 Å². The minimum atomic E-state index is 0.401. The molecule has 6 heteroatoms. The number of unbranched alkanes of at least 4 members (excludes halogenated alkanes) is 1. The molecule has 0 atom stereocenters. The third kappa shape index (κ3) is 3.18. The molecule has 0 bridgehead atoms. The standard InChI is InChI=1S/C18H24N6/c1-3-5-9-24-17(6-4-2)21-14-8-7-13(22-18(14)24)12-10-15(19)23-16(20)11-12/h7-8,10-11H,3-6,9H2,1-2H3,(H4,19,20,23). The molecule has 126 valence electrons. The van der Waals surface area contributed by atoms with Crippen LogP contribution in [0.5, 0.6) is 0 Å². The molecule has 3 heterocycles. The van der Waals surface area contributed by atoms with Gasteiger partial charge in [-0.15, -0.1) is 0 Å². The third-order valence-corrected chi connectivity index (χ3v) is 4.04. The smallest absolute Gasteiger partial charge is 0.160 e. The molecule has 0 aromatic carbocycles. The van der Waals surface area contributed by atoms with Gasteiger partial charge in [0.2, 0.25) is 0 Å². The largest absolute Gasteiger partial charge is 0.384 e. The van der Waals surface area contributed by atoms with Crippen molar-refractivity contribution in [3.05, 3.63) is 30.1 Å². The van der Waals surface area contributed by atoms with E-state index in [1.165, 1.54) is 0 Å². The Hall–Kier alpha value is -2.63. The van der Waals surface area contributed by atoms with Crippen molar-refractivity contribution in [2.75, 3.05) is 11.5 Å². The van der Waals surface area contributed by atoms with E-state index in [0.717, 1.165) is 60.5 Å². The Balaban J connectivity index is 2.11. The SMILES string of the molecule is CCCCn1c(CCC)nc2ccc(-c3cc(N)nc(N)c3)nc21. The average Bonchev–Trinajstić information content (AvgIpc) is 2.89. The van der Waals surface area contributed by atoms with Gasteiger partial charge in [-0.2, -0.15) is 0 Å². The Kier molecular flexibility index (Phi) is 4.64. The summed E-state index contributed by atoms with van der Waals surface area (Å²) in [6.07, 6.45) is 4.29. The minimum absolute atomic E-state index is 0.401. The first kappa shape index (κ1) is 16.2. The van der Waals surface area contributed by atoms with Gasteiger partial charge in [-0.3, -0.25) is 0 Å². The highest BCUT2D eigenvalue weighted by molar-refractivity contribution is 5.77. The molecule has 0 fully saturated rings. The Bertz CT molecular complexity index is 832. The maximum atomic E-state index is 5.81. The number of pyridine rings is 2. The Morgan fingerprint density at radius 3 is 2.38 bits per heavy atom. The molecule has 0 aliphatic rings. The number of hydrogen-bond acceptors (Lipinski definition) is 5. The fourth-order valence-electron chi connectivity index (χ4n) is 2.90. The highest BCUT2D eigenvalue weighted by Crippen LogP contribution is 2.25. The summed E-state index contributed by atoms with van der Waals surface area (Å²) in [6.45, 7) is 5.31. The predicted octanol–water partition coefficient (Wildman–Crippen LogP) is 3.41. The number of nitrogen functional groups attached to an aromatic ring is 2. The zero-order valence-corrected chi connectivity index (χ0v) is 14.3. The van der Waals surface area contributed by atoms with Gasteiger partial charge >= 0.3 is 0 Å². The lowest BCUT2D eigenvalue weighted by molar-refractivity contribution is 0.608. The number of aromatic nitrogens is 4. The first-order chi connectivity index (χ1) is 11.6. The van der Waals surface area contributed by atoms with E-state index in [1.807, 2.05) is 12.1 Å². The van der Waals surface area contributed by atoms with Crippen molar-refractivity contribution in [3.8, 4) is 11.3 Å². The lowest BCUT2D eigenvalue weighted by Gasteiger charge is -2.08. The second-order valence-corrected chi connectivity index (χ2v) is 6.03. The number of imidazole rings is 1. The van der Waals surface area contributed by atoms with Crippen LogP contribution in [-0.4, -0.2) is 19.5 Å². The predicted molar refractivity (Wildman–Crippen MR) is 98.5 cm³/mol. The van der Waals surface area contributed by atoms with Crippen LogP contribution in [0.3, 0.4) is 0 Å². The van der Waals surface area contributed by atoms with E-state index in [0.29, 0.717) is 11.6 Å². The molecular weight excluding hydrogens is 300 g/mol. The van der Waals surface area contributed by atoms with Crippen molar-refractivity contribution in [2.24, 2.45) is 0 Å². The number of nitrogens with zero attached hydrogens (tertiary/aromatic N) is 4. The molecule has 0 saturated carbocycles. The fourth-order valence-corrected chi connectivity index (χ4v) is 2.90. The Labute approximate surface area is 141 Å². The number of aryl methyl sites for hydroxylation is 2. The van der Waals surface area contributed by atoms with Crippen molar-refractivity contribution >= 4 is 22.8 Å². The van der Waals surface area contributed by atoms with Gasteiger partial charge in [-0.25, -0.2) is 15.0 Å². The molecule has 3 aromatic heterocycles. The molecule has 6 nitrogen and oxygen atoms in total. The summed E-state index contributed by atoms with van der Waals surface area (Å²) >= 11 is 0. The van der Waals surface area contributed by atoms with E-state index >= 15 is 0 Å². The maximum absolute atomic E-state index is 5.81. The summed E-state index contributed by atoms with van der Waals surface area (Å²) in [4.78, 5) is 13.6. The third-order valence-electron chi connectivity index (χ3n) is 4.04. The van der Waals surface area contributed by atoms with E-state index in [-0.39, 0.29) is 0 Å². The van der Waals surface area contributed by atoms with Crippen molar-refractivity contribution < 1.29 is 0 Å². The van der Waals surface area contributed by atoms with Gasteiger partial charge in [0.1, 0.15) is 23.0 Å². The molecule has 4 N–H and O–H groups in total. The lowest BCUT2D eigenvalue weighted by Crippen LogP contribution is -2.05. The lowest BCUT2D eigenvalue weighted by atomic mass is 10.1. The summed E-state index contributed by atoms with van der Waals surface area (Å²) in [5, 5.41) is 0. The Morgan fingerprint density at radius 2 is 1.71 bits per heavy atom. The van der Waals surface area contributed by atoms with Crippen LogP contribution in [0.2, 0.25) is 0 Å². The summed E-state index contributed by atoms with van der Waals surface area (Å²) in [6, 6.07) is 7.57. The molecule has 0 saturated heterocycles. The fraction of sp³-hybridized carbons (Fsp3) is 0.389. The van der Waals surface area contributed by atoms with Crippen molar-refractivity contribution in [1.82, 2.24) is 19.5 Å². The highest BCUT2D eigenvalue weighted by Gasteiger charge is 2.13. The number of rotatable bonds is 6. The molecule has 3 rings (SSSR count). The first-order valence-corrected chi connectivity index (χ1v) is 8.52.